The van der Waals surface area contributed by atoms with Gasteiger partial charge in [-0.15, -0.1) is 12.4 Å². The zero-order valence-electron chi connectivity index (χ0n) is 7.93. The van der Waals surface area contributed by atoms with Gasteiger partial charge in [-0.05, 0) is 19.8 Å². The van der Waals surface area contributed by atoms with Gasteiger partial charge in [0.25, 0.3) is 0 Å². The lowest BCUT2D eigenvalue weighted by Gasteiger charge is -1.98. The Morgan fingerprint density at radius 1 is 1.64 bits per heavy atom. The fourth-order valence-electron chi connectivity index (χ4n) is 1.15. The third-order valence-electron chi connectivity index (χ3n) is 2.16. The van der Waals surface area contributed by atoms with Crippen molar-refractivity contribution < 1.29 is 9.63 Å². The largest absolute Gasteiger partial charge is 0.393 e. The molecular weight excluding hydrogens is 206 g/mol. The number of hydrogen-bond acceptors (Lipinski definition) is 5. The van der Waals surface area contributed by atoms with Crippen molar-refractivity contribution in [1.29, 1.82) is 0 Å². The van der Waals surface area contributed by atoms with Gasteiger partial charge in [0.15, 0.2) is 5.82 Å². The maximum Gasteiger partial charge on any atom is 0.246 e. The third-order valence-corrected chi connectivity index (χ3v) is 2.16. The minimum Gasteiger partial charge on any atom is -0.393 e. The molecule has 14 heavy (non-hydrogen) atoms. The average molecular weight is 220 g/mol. The molecule has 6 heteroatoms. The second-order valence-electron chi connectivity index (χ2n) is 3.73. The van der Waals surface area contributed by atoms with Crippen molar-refractivity contribution in [2.75, 3.05) is 0 Å². The molecule has 1 atom stereocenters. The predicted molar refractivity (Wildman–Crippen MR) is 52.0 cm³/mol. The second kappa shape index (κ2) is 3.84. The molecule has 1 aromatic rings. The summed E-state index contributed by atoms with van der Waals surface area (Å²) >= 11 is 0. The van der Waals surface area contributed by atoms with E-state index in [9.17, 15) is 0 Å². The van der Waals surface area contributed by atoms with Gasteiger partial charge in [-0.2, -0.15) is 4.98 Å². The Morgan fingerprint density at radius 3 is 2.79 bits per heavy atom. The monoisotopic (exact) mass is 219 g/mol. The minimum atomic E-state index is -0.446. The zero-order chi connectivity index (χ0) is 9.47. The van der Waals surface area contributed by atoms with Gasteiger partial charge in [-0.3, -0.25) is 0 Å². The summed E-state index contributed by atoms with van der Waals surface area (Å²) in [5.74, 6) is 1.03. The first-order valence-corrected chi connectivity index (χ1v) is 4.40. The van der Waals surface area contributed by atoms with Crippen molar-refractivity contribution in [3.8, 4) is 0 Å². The highest BCUT2D eigenvalue weighted by atomic mass is 35.5. The van der Waals surface area contributed by atoms with Crippen LogP contribution in [-0.2, 0) is 12.0 Å². The normalized spacial score (nSPS) is 19.9. The van der Waals surface area contributed by atoms with E-state index in [4.69, 9.17) is 15.4 Å². The second-order valence-corrected chi connectivity index (χ2v) is 3.73. The maximum atomic E-state index is 9.08. The summed E-state index contributed by atoms with van der Waals surface area (Å²) < 4.78 is 5.00. The van der Waals surface area contributed by atoms with Gasteiger partial charge in [0.1, 0.15) is 0 Å². The van der Waals surface area contributed by atoms with Crippen LogP contribution in [0.15, 0.2) is 4.52 Å². The number of rotatable bonds is 3. The van der Waals surface area contributed by atoms with Crippen LogP contribution in [-0.4, -0.2) is 21.4 Å². The van der Waals surface area contributed by atoms with Gasteiger partial charge in [-0.1, -0.05) is 5.16 Å². The van der Waals surface area contributed by atoms with E-state index in [0.717, 1.165) is 12.8 Å². The predicted octanol–water partition coefficient (Wildman–Crippen LogP) is 0.362. The van der Waals surface area contributed by atoms with Gasteiger partial charge in [0.2, 0.25) is 5.89 Å². The number of nitrogens with zero attached hydrogens (tertiary/aromatic N) is 2. The number of halogens is 1. The summed E-state index contributed by atoms with van der Waals surface area (Å²) in [4.78, 5) is 4.12. The Labute approximate surface area is 88.1 Å². The highest BCUT2D eigenvalue weighted by Gasteiger charge is 2.45. The molecule has 0 bridgehead atoms. The summed E-state index contributed by atoms with van der Waals surface area (Å²) in [5, 5.41) is 12.8. The molecule has 5 nitrogen and oxygen atoms in total. The number of nitrogens with two attached hydrogens (primary N) is 1. The van der Waals surface area contributed by atoms with Gasteiger partial charge in [0, 0.05) is 6.42 Å². The molecule has 1 aliphatic carbocycles. The van der Waals surface area contributed by atoms with E-state index in [1.54, 1.807) is 6.92 Å². The molecule has 1 heterocycles. The van der Waals surface area contributed by atoms with Gasteiger partial charge in [-0.25, -0.2) is 0 Å². The Bertz CT molecular complexity index is 309. The summed E-state index contributed by atoms with van der Waals surface area (Å²) in [7, 11) is 0. The molecule has 0 radical (unpaired) electrons. The van der Waals surface area contributed by atoms with Crippen molar-refractivity contribution in [1.82, 2.24) is 10.1 Å². The van der Waals surface area contributed by atoms with Crippen LogP contribution in [0.2, 0.25) is 0 Å². The maximum absolute atomic E-state index is 9.08. The highest BCUT2D eigenvalue weighted by molar-refractivity contribution is 5.85. The molecular formula is C8H14ClN3O2. The van der Waals surface area contributed by atoms with Crippen LogP contribution in [0.5, 0.6) is 0 Å². The SMILES string of the molecule is CC(O)Cc1noc(C2(N)CC2)n1.Cl. The Kier molecular flexibility index (Phi) is 3.14. The van der Waals surface area contributed by atoms with E-state index in [0.29, 0.717) is 18.1 Å². The number of hydrogen-bond donors (Lipinski definition) is 2. The van der Waals surface area contributed by atoms with E-state index in [1.807, 2.05) is 0 Å². The Morgan fingerprint density at radius 2 is 2.29 bits per heavy atom. The summed E-state index contributed by atoms with van der Waals surface area (Å²) in [6, 6.07) is 0. The number of aliphatic hydroxyl groups excluding tert-OH is 1. The van der Waals surface area contributed by atoms with Crippen molar-refractivity contribution in [3.05, 3.63) is 11.7 Å². The van der Waals surface area contributed by atoms with Crippen molar-refractivity contribution in [3.63, 3.8) is 0 Å². The fourth-order valence-corrected chi connectivity index (χ4v) is 1.15. The minimum absolute atomic E-state index is 0. The van der Waals surface area contributed by atoms with Crippen molar-refractivity contribution in [2.24, 2.45) is 5.73 Å². The first-order valence-electron chi connectivity index (χ1n) is 4.40. The molecule has 0 aromatic carbocycles. The first kappa shape index (κ1) is 11.4. The molecule has 0 spiro atoms. The van der Waals surface area contributed by atoms with Crippen molar-refractivity contribution >= 4 is 12.4 Å². The lowest BCUT2D eigenvalue weighted by Crippen LogP contribution is -2.19. The zero-order valence-corrected chi connectivity index (χ0v) is 8.75. The van der Waals surface area contributed by atoms with Crippen LogP contribution >= 0.6 is 12.4 Å². The fraction of sp³-hybridized carbons (Fsp3) is 0.750. The smallest absolute Gasteiger partial charge is 0.246 e. The van der Waals surface area contributed by atoms with Crippen LogP contribution in [0.4, 0.5) is 0 Å². The van der Waals surface area contributed by atoms with Gasteiger partial charge >= 0.3 is 0 Å². The molecule has 1 aliphatic rings. The molecule has 1 aromatic heterocycles. The van der Waals surface area contributed by atoms with Crippen LogP contribution in [0, 0.1) is 0 Å². The van der Waals surface area contributed by atoms with E-state index in [2.05, 4.69) is 10.1 Å². The highest BCUT2D eigenvalue weighted by Crippen LogP contribution is 2.41. The number of aliphatic hydroxyl groups is 1. The molecule has 0 aliphatic heterocycles. The standard InChI is InChI=1S/C8H13N3O2.ClH/c1-5(12)4-6-10-7(13-11-6)8(9)2-3-8;/h5,12H,2-4,9H2,1H3;1H. The average Bonchev–Trinajstić information content (AvgIpc) is 2.62. The van der Waals surface area contributed by atoms with Crippen molar-refractivity contribution in [2.45, 2.75) is 37.8 Å². The molecule has 2 rings (SSSR count). The Hall–Kier alpha value is -0.650. The first-order chi connectivity index (χ1) is 6.10. The molecule has 3 N–H and O–H groups in total. The number of aromatic nitrogens is 2. The molecule has 1 saturated carbocycles. The molecule has 1 unspecified atom stereocenters. The van der Waals surface area contributed by atoms with Crippen LogP contribution < -0.4 is 5.73 Å². The Balaban J connectivity index is 0.000000980. The summed E-state index contributed by atoms with van der Waals surface area (Å²) in [5.41, 5.74) is 5.48. The van der Waals surface area contributed by atoms with Crippen LogP contribution in [0.3, 0.4) is 0 Å². The van der Waals surface area contributed by atoms with Gasteiger partial charge in [0.05, 0.1) is 11.6 Å². The third kappa shape index (κ3) is 2.23. The van der Waals surface area contributed by atoms with Gasteiger partial charge < -0.3 is 15.4 Å². The molecule has 0 amide bonds. The van der Waals surface area contributed by atoms with E-state index < -0.39 is 6.10 Å². The van der Waals surface area contributed by atoms with E-state index >= 15 is 0 Å². The van der Waals surface area contributed by atoms with Crippen LogP contribution in [0.1, 0.15) is 31.5 Å². The van der Waals surface area contributed by atoms with E-state index in [1.165, 1.54) is 0 Å². The van der Waals surface area contributed by atoms with E-state index in [-0.39, 0.29) is 17.9 Å². The summed E-state index contributed by atoms with van der Waals surface area (Å²) in [6.45, 7) is 1.69. The van der Waals surface area contributed by atoms with Crippen LogP contribution in [0.25, 0.3) is 0 Å². The molecule has 1 fully saturated rings. The topological polar surface area (TPSA) is 85.2 Å². The lowest BCUT2D eigenvalue weighted by molar-refractivity contribution is 0.191. The quantitative estimate of drug-likeness (QED) is 0.767. The molecule has 80 valence electrons. The lowest BCUT2D eigenvalue weighted by atomic mass is 10.2. The molecule has 0 saturated heterocycles. The summed E-state index contributed by atoms with van der Waals surface area (Å²) in [6.07, 6.45) is 1.78.